The first-order chi connectivity index (χ1) is 11.5. The standard InChI is InChI=1S/C17H14N4O3/c1-10-11(17(23)24)6-4-8-15(10)21-9-14(19-20-21)16(22)12-5-2-3-7-13(12)18/h2-9H,18H2,1H3,(H,23,24). The van der Waals surface area contributed by atoms with Crippen LogP contribution < -0.4 is 5.73 Å². The molecule has 2 aromatic carbocycles. The summed E-state index contributed by atoms with van der Waals surface area (Å²) in [4.78, 5) is 23.7. The Kier molecular flexibility index (Phi) is 3.83. The minimum Gasteiger partial charge on any atom is -0.478 e. The zero-order valence-electron chi connectivity index (χ0n) is 12.8. The number of ketones is 1. The van der Waals surface area contributed by atoms with E-state index in [1.54, 1.807) is 43.3 Å². The Morgan fingerprint density at radius 2 is 1.79 bits per heavy atom. The summed E-state index contributed by atoms with van der Waals surface area (Å²) in [6.45, 7) is 1.68. The number of aromatic nitrogens is 3. The summed E-state index contributed by atoms with van der Waals surface area (Å²) in [5.41, 5.74) is 7.90. The van der Waals surface area contributed by atoms with Gasteiger partial charge in [-0.05, 0) is 36.8 Å². The van der Waals surface area contributed by atoms with Gasteiger partial charge in [0.15, 0.2) is 5.69 Å². The minimum atomic E-state index is -1.03. The summed E-state index contributed by atoms with van der Waals surface area (Å²) >= 11 is 0. The molecule has 0 saturated carbocycles. The minimum absolute atomic E-state index is 0.132. The fourth-order valence-electron chi connectivity index (χ4n) is 2.43. The number of carbonyl (C=O) groups is 2. The van der Waals surface area contributed by atoms with Crippen molar-refractivity contribution in [3.05, 3.63) is 71.0 Å². The molecule has 3 aromatic rings. The van der Waals surface area contributed by atoms with Crippen molar-refractivity contribution >= 4 is 17.4 Å². The second-order valence-electron chi connectivity index (χ2n) is 5.22. The second-order valence-corrected chi connectivity index (χ2v) is 5.22. The van der Waals surface area contributed by atoms with Crippen LogP contribution >= 0.6 is 0 Å². The number of benzene rings is 2. The lowest BCUT2D eigenvalue weighted by Crippen LogP contribution is -2.06. The SMILES string of the molecule is Cc1c(C(=O)O)cccc1-n1cc(C(=O)c2ccccc2N)nn1. The van der Waals surface area contributed by atoms with Gasteiger partial charge in [-0.3, -0.25) is 4.79 Å². The first-order valence-electron chi connectivity index (χ1n) is 7.14. The number of aromatic carboxylic acids is 1. The van der Waals surface area contributed by atoms with Crippen LogP contribution in [-0.2, 0) is 0 Å². The van der Waals surface area contributed by atoms with Gasteiger partial charge in [-0.2, -0.15) is 0 Å². The fourth-order valence-corrected chi connectivity index (χ4v) is 2.43. The third-order valence-electron chi connectivity index (χ3n) is 3.71. The highest BCUT2D eigenvalue weighted by Crippen LogP contribution is 2.19. The molecule has 0 unspecified atom stereocenters. The summed E-state index contributed by atoms with van der Waals surface area (Å²) in [5.74, 6) is -1.37. The Bertz CT molecular complexity index is 947. The molecular weight excluding hydrogens is 308 g/mol. The van der Waals surface area contributed by atoms with Crippen molar-refractivity contribution in [3.8, 4) is 5.69 Å². The Balaban J connectivity index is 2.00. The van der Waals surface area contributed by atoms with Gasteiger partial charge < -0.3 is 10.8 Å². The molecule has 0 saturated heterocycles. The maximum Gasteiger partial charge on any atom is 0.336 e. The number of carbonyl (C=O) groups excluding carboxylic acids is 1. The van der Waals surface area contributed by atoms with E-state index in [0.717, 1.165) is 0 Å². The molecule has 0 radical (unpaired) electrons. The predicted molar refractivity (Wildman–Crippen MR) is 87.3 cm³/mol. The highest BCUT2D eigenvalue weighted by Gasteiger charge is 2.18. The molecular formula is C17H14N4O3. The van der Waals surface area contributed by atoms with Crippen molar-refractivity contribution < 1.29 is 14.7 Å². The number of carboxylic acid groups (broad SMARTS) is 1. The van der Waals surface area contributed by atoms with Crippen LogP contribution in [0, 0.1) is 6.92 Å². The molecule has 0 amide bonds. The Labute approximate surface area is 137 Å². The van der Waals surface area contributed by atoms with Crippen LogP contribution in [0.4, 0.5) is 5.69 Å². The topological polar surface area (TPSA) is 111 Å². The molecule has 1 aromatic heterocycles. The number of anilines is 1. The average Bonchev–Trinajstić information content (AvgIpc) is 3.04. The molecule has 0 aliphatic rings. The van der Waals surface area contributed by atoms with Crippen molar-refractivity contribution in [2.45, 2.75) is 6.92 Å². The van der Waals surface area contributed by atoms with Crippen LogP contribution in [0.15, 0.2) is 48.7 Å². The van der Waals surface area contributed by atoms with Gasteiger partial charge in [-0.25, -0.2) is 9.48 Å². The molecule has 0 fully saturated rings. The van der Waals surface area contributed by atoms with E-state index in [4.69, 9.17) is 5.73 Å². The number of nitrogens with zero attached hydrogens (tertiary/aromatic N) is 3. The van der Waals surface area contributed by atoms with Gasteiger partial charge in [0.05, 0.1) is 17.4 Å². The molecule has 3 N–H and O–H groups in total. The van der Waals surface area contributed by atoms with Crippen LogP contribution in [0.25, 0.3) is 5.69 Å². The first kappa shape index (κ1) is 15.4. The van der Waals surface area contributed by atoms with E-state index in [9.17, 15) is 14.7 Å². The van der Waals surface area contributed by atoms with E-state index in [0.29, 0.717) is 22.5 Å². The van der Waals surface area contributed by atoms with Crippen LogP contribution in [0.5, 0.6) is 0 Å². The Hall–Kier alpha value is -3.48. The van der Waals surface area contributed by atoms with Gasteiger partial charge in [0.2, 0.25) is 5.78 Å². The predicted octanol–water partition coefficient (Wildman–Crippen LogP) is 2.09. The van der Waals surface area contributed by atoms with E-state index < -0.39 is 5.97 Å². The number of carboxylic acids is 1. The van der Waals surface area contributed by atoms with Gasteiger partial charge in [0.1, 0.15) is 0 Å². The summed E-state index contributed by atoms with van der Waals surface area (Å²) in [7, 11) is 0. The molecule has 0 bridgehead atoms. The Morgan fingerprint density at radius 1 is 1.08 bits per heavy atom. The van der Waals surface area contributed by atoms with Crippen molar-refractivity contribution in [2.75, 3.05) is 5.73 Å². The lowest BCUT2D eigenvalue weighted by atomic mass is 10.1. The van der Waals surface area contributed by atoms with Crippen molar-refractivity contribution in [1.82, 2.24) is 15.0 Å². The average molecular weight is 322 g/mol. The normalized spacial score (nSPS) is 10.5. The zero-order chi connectivity index (χ0) is 17.3. The van der Waals surface area contributed by atoms with E-state index >= 15 is 0 Å². The number of nitrogen functional groups attached to an aromatic ring is 1. The molecule has 0 aliphatic heterocycles. The number of rotatable bonds is 4. The third-order valence-corrected chi connectivity index (χ3v) is 3.71. The van der Waals surface area contributed by atoms with Gasteiger partial charge in [-0.1, -0.05) is 23.4 Å². The van der Waals surface area contributed by atoms with E-state index in [1.165, 1.54) is 16.9 Å². The zero-order valence-corrected chi connectivity index (χ0v) is 12.8. The molecule has 24 heavy (non-hydrogen) atoms. The lowest BCUT2D eigenvalue weighted by Gasteiger charge is -2.07. The summed E-state index contributed by atoms with van der Waals surface area (Å²) < 4.78 is 1.38. The fraction of sp³-hybridized carbons (Fsp3) is 0.0588. The van der Waals surface area contributed by atoms with Crippen LogP contribution in [0.2, 0.25) is 0 Å². The van der Waals surface area contributed by atoms with Crippen molar-refractivity contribution in [1.29, 1.82) is 0 Å². The van der Waals surface area contributed by atoms with E-state index in [-0.39, 0.29) is 17.0 Å². The van der Waals surface area contributed by atoms with Gasteiger partial charge >= 0.3 is 5.97 Å². The lowest BCUT2D eigenvalue weighted by molar-refractivity contribution is 0.0696. The molecule has 7 nitrogen and oxygen atoms in total. The quantitative estimate of drug-likeness (QED) is 0.562. The molecule has 7 heteroatoms. The Morgan fingerprint density at radius 3 is 2.50 bits per heavy atom. The number of nitrogens with two attached hydrogens (primary N) is 1. The van der Waals surface area contributed by atoms with Crippen LogP contribution in [-0.4, -0.2) is 31.9 Å². The number of hydrogen-bond acceptors (Lipinski definition) is 5. The summed E-state index contributed by atoms with van der Waals surface area (Å²) in [6.07, 6.45) is 1.46. The molecule has 0 spiro atoms. The van der Waals surface area contributed by atoms with Crippen LogP contribution in [0.3, 0.4) is 0 Å². The van der Waals surface area contributed by atoms with Crippen molar-refractivity contribution in [3.63, 3.8) is 0 Å². The highest BCUT2D eigenvalue weighted by atomic mass is 16.4. The second kappa shape index (κ2) is 5.96. The van der Waals surface area contributed by atoms with Gasteiger partial charge in [0.25, 0.3) is 0 Å². The summed E-state index contributed by atoms with van der Waals surface area (Å²) in [5, 5.41) is 17.0. The number of hydrogen-bond donors (Lipinski definition) is 2. The maximum absolute atomic E-state index is 12.5. The van der Waals surface area contributed by atoms with E-state index in [1.807, 2.05) is 0 Å². The largest absolute Gasteiger partial charge is 0.478 e. The smallest absolute Gasteiger partial charge is 0.336 e. The highest BCUT2D eigenvalue weighted by molar-refractivity contribution is 6.10. The third kappa shape index (κ3) is 2.63. The maximum atomic E-state index is 12.5. The number of para-hydroxylation sites is 1. The van der Waals surface area contributed by atoms with Crippen LogP contribution in [0.1, 0.15) is 32.0 Å². The van der Waals surface area contributed by atoms with Gasteiger partial charge in [0, 0.05) is 11.3 Å². The molecule has 1 heterocycles. The first-order valence-corrected chi connectivity index (χ1v) is 7.14. The van der Waals surface area contributed by atoms with Gasteiger partial charge in [-0.15, -0.1) is 5.10 Å². The molecule has 120 valence electrons. The van der Waals surface area contributed by atoms with Crippen molar-refractivity contribution in [2.24, 2.45) is 0 Å². The monoisotopic (exact) mass is 322 g/mol. The summed E-state index contributed by atoms with van der Waals surface area (Å²) in [6, 6.07) is 11.5. The molecule has 0 atom stereocenters. The molecule has 0 aliphatic carbocycles. The molecule has 3 rings (SSSR count). The van der Waals surface area contributed by atoms with E-state index in [2.05, 4.69) is 10.3 Å².